The van der Waals surface area contributed by atoms with E-state index in [1.807, 2.05) is 30.3 Å². The van der Waals surface area contributed by atoms with E-state index in [0.717, 1.165) is 11.4 Å². The van der Waals surface area contributed by atoms with E-state index in [1.165, 1.54) is 9.96 Å². The molecule has 4 heterocycles. The predicted molar refractivity (Wildman–Crippen MR) is 125 cm³/mol. The van der Waals surface area contributed by atoms with Crippen LogP contribution in [0.4, 0.5) is 10.5 Å². The maximum Gasteiger partial charge on any atom is 0.325 e. The van der Waals surface area contributed by atoms with Gasteiger partial charge < -0.3 is 9.80 Å². The third-order valence-electron chi connectivity index (χ3n) is 6.53. The van der Waals surface area contributed by atoms with Crippen LogP contribution in [0.1, 0.15) is 36.6 Å². The van der Waals surface area contributed by atoms with Crippen molar-refractivity contribution in [1.82, 2.24) is 19.2 Å². The van der Waals surface area contributed by atoms with Crippen molar-refractivity contribution in [1.29, 1.82) is 0 Å². The lowest BCUT2D eigenvalue weighted by Gasteiger charge is -2.29. The third-order valence-corrected chi connectivity index (χ3v) is 6.53. The molecule has 0 aliphatic carbocycles. The third kappa shape index (κ3) is 3.86. The second-order valence-corrected chi connectivity index (χ2v) is 8.94. The van der Waals surface area contributed by atoms with Crippen molar-refractivity contribution in [2.45, 2.75) is 32.7 Å². The largest absolute Gasteiger partial charge is 0.336 e. The Morgan fingerprint density at radius 2 is 1.82 bits per heavy atom. The molecule has 2 aromatic heterocycles. The summed E-state index contributed by atoms with van der Waals surface area (Å²) in [5, 5.41) is 0. The number of hydrogen-bond acceptors (Lipinski definition) is 4. The molecule has 8 heteroatoms. The number of carbonyl (C=O) groups excluding carboxylic acids is 2. The van der Waals surface area contributed by atoms with Crippen LogP contribution in [-0.2, 0) is 17.8 Å². The molecule has 0 N–H and O–H groups in total. The zero-order valence-electron chi connectivity index (χ0n) is 18.9. The van der Waals surface area contributed by atoms with Gasteiger partial charge in [-0.15, -0.1) is 0 Å². The molecule has 1 saturated heterocycles. The summed E-state index contributed by atoms with van der Waals surface area (Å²) in [5.74, 6) is 0.280. The van der Waals surface area contributed by atoms with Gasteiger partial charge in [-0.05, 0) is 35.7 Å². The Morgan fingerprint density at radius 1 is 1.03 bits per heavy atom. The number of benzene rings is 1. The number of hydrogen-bond donors (Lipinski definition) is 0. The maximum absolute atomic E-state index is 13.0. The van der Waals surface area contributed by atoms with E-state index in [9.17, 15) is 14.4 Å². The number of carbonyl (C=O) groups is 2. The Kier molecular flexibility index (Phi) is 5.36. The molecule has 0 unspecified atom stereocenters. The van der Waals surface area contributed by atoms with Gasteiger partial charge in [0.25, 0.3) is 5.56 Å². The van der Waals surface area contributed by atoms with Gasteiger partial charge >= 0.3 is 6.03 Å². The molecule has 1 aromatic carbocycles. The quantitative estimate of drug-likeness (QED) is 0.619. The number of fused-ring (bicyclic) bond motifs is 2. The molecule has 3 aromatic rings. The highest BCUT2D eigenvalue weighted by Gasteiger charge is 2.33. The van der Waals surface area contributed by atoms with Crippen LogP contribution in [0.5, 0.6) is 0 Å². The summed E-state index contributed by atoms with van der Waals surface area (Å²) in [5.41, 5.74) is 3.85. The van der Waals surface area contributed by atoms with E-state index in [0.29, 0.717) is 43.2 Å². The van der Waals surface area contributed by atoms with E-state index < -0.39 is 0 Å². The summed E-state index contributed by atoms with van der Waals surface area (Å²) >= 11 is 0. The number of urea groups is 1. The van der Waals surface area contributed by atoms with Gasteiger partial charge in [0.1, 0.15) is 12.2 Å². The van der Waals surface area contributed by atoms with Crippen molar-refractivity contribution in [2.24, 2.45) is 0 Å². The Hall–Kier alpha value is -3.68. The van der Waals surface area contributed by atoms with E-state index in [-0.39, 0.29) is 30.6 Å². The molecule has 0 bridgehead atoms. The number of nitrogens with zero attached hydrogens (tertiary/aromatic N) is 5. The number of pyridine rings is 1. The zero-order chi connectivity index (χ0) is 23.1. The molecular weight excluding hydrogens is 418 g/mol. The van der Waals surface area contributed by atoms with E-state index >= 15 is 0 Å². The lowest BCUT2D eigenvalue weighted by molar-refractivity contribution is -0.132. The van der Waals surface area contributed by atoms with Crippen LogP contribution in [0.3, 0.4) is 0 Å². The minimum Gasteiger partial charge on any atom is -0.336 e. The molecule has 0 spiro atoms. The van der Waals surface area contributed by atoms with Gasteiger partial charge in [-0.2, -0.15) is 0 Å². The van der Waals surface area contributed by atoms with Crippen LogP contribution >= 0.6 is 0 Å². The molecule has 1 fully saturated rings. The van der Waals surface area contributed by atoms with Gasteiger partial charge in [0.05, 0.1) is 17.8 Å². The predicted octanol–water partition coefficient (Wildman–Crippen LogP) is 2.64. The number of amides is 3. The first-order chi connectivity index (χ1) is 15.9. The molecule has 3 amide bonds. The fourth-order valence-electron chi connectivity index (χ4n) is 4.53. The Labute approximate surface area is 192 Å². The Morgan fingerprint density at radius 3 is 2.58 bits per heavy atom. The molecule has 2 aliphatic rings. The lowest BCUT2D eigenvalue weighted by atomic mass is 10.0. The summed E-state index contributed by atoms with van der Waals surface area (Å²) in [6.45, 7) is 6.04. The SMILES string of the molecule is CC(C)c1ccc(N2CCN(CC(=O)N3CCc4nc5ccccn5c(=O)c4C3)C2=O)cc1. The maximum atomic E-state index is 13.0. The molecule has 2 aliphatic heterocycles. The average Bonchev–Trinajstić information content (AvgIpc) is 3.19. The monoisotopic (exact) mass is 445 g/mol. The summed E-state index contributed by atoms with van der Waals surface area (Å²) in [6.07, 6.45) is 2.22. The first-order valence-corrected chi connectivity index (χ1v) is 11.4. The normalized spacial score (nSPS) is 16.1. The molecule has 0 atom stereocenters. The topological polar surface area (TPSA) is 78.2 Å². The van der Waals surface area contributed by atoms with Gasteiger partial charge in [0, 0.05) is 37.9 Å². The van der Waals surface area contributed by atoms with Crippen LogP contribution in [-0.4, -0.2) is 57.3 Å². The fraction of sp³-hybridized carbons (Fsp3) is 0.360. The zero-order valence-corrected chi connectivity index (χ0v) is 18.9. The van der Waals surface area contributed by atoms with Gasteiger partial charge in [-0.1, -0.05) is 32.0 Å². The van der Waals surface area contributed by atoms with Gasteiger partial charge in [-0.3, -0.25) is 18.9 Å². The lowest BCUT2D eigenvalue weighted by Crippen LogP contribution is -2.45. The van der Waals surface area contributed by atoms with E-state index in [2.05, 4.69) is 18.8 Å². The average molecular weight is 446 g/mol. The fourth-order valence-corrected chi connectivity index (χ4v) is 4.53. The molecule has 0 saturated carbocycles. The molecule has 8 nitrogen and oxygen atoms in total. The van der Waals surface area contributed by atoms with E-state index in [1.54, 1.807) is 33.0 Å². The highest BCUT2D eigenvalue weighted by atomic mass is 16.2. The van der Waals surface area contributed by atoms with Gasteiger partial charge in [0.15, 0.2) is 0 Å². The standard InChI is InChI=1S/C25H27N5O3/c1-17(2)18-6-8-19(9-7-18)29-14-13-28(25(29)33)16-23(31)27-12-10-21-20(15-27)24(32)30-11-4-3-5-22(30)26-21/h3-9,11,17H,10,12-16H2,1-2H3. The molecule has 0 radical (unpaired) electrons. The highest BCUT2D eigenvalue weighted by Crippen LogP contribution is 2.24. The Bertz CT molecular complexity index is 1280. The molecule has 5 rings (SSSR count). The van der Waals surface area contributed by atoms with Crippen LogP contribution in [0.25, 0.3) is 5.65 Å². The second-order valence-electron chi connectivity index (χ2n) is 8.94. The van der Waals surface area contributed by atoms with Crippen molar-refractivity contribution >= 4 is 23.3 Å². The van der Waals surface area contributed by atoms with Crippen molar-refractivity contribution in [3.63, 3.8) is 0 Å². The van der Waals surface area contributed by atoms with Crippen molar-refractivity contribution in [2.75, 3.05) is 31.1 Å². The smallest absolute Gasteiger partial charge is 0.325 e. The van der Waals surface area contributed by atoms with Crippen LogP contribution in [0.2, 0.25) is 0 Å². The number of aromatic nitrogens is 2. The molecule has 33 heavy (non-hydrogen) atoms. The minimum absolute atomic E-state index is 0.0110. The Balaban J connectivity index is 1.27. The summed E-state index contributed by atoms with van der Waals surface area (Å²) in [6, 6.07) is 13.3. The summed E-state index contributed by atoms with van der Waals surface area (Å²) < 4.78 is 1.51. The minimum atomic E-state index is -0.161. The highest BCUT2D eigenvalue weighted by molar-refractivity contribution is 5.96. The summed E-state index contributed by atoms with van der Waals surface area (Å²) in [4.78, 5) is 48.5. The van der Waals surface area contributed by atoms with E-state index in [4.69, 9.17) is 0 Å². The number of rotatable bonds is 4. The second kappa shape index (κ2) is 8.35. The van der Waals surface area contributed by atoms with Crippen LogP contribution in [0.15, 0.2) is 53.5 Å². The van der Waals surface area contributed by atoms with Crippen molar-refractivity contribution < 1.29 is 9.59 Å². The van der Waals surface area contributed by atoms with Crippen molar-refractivity contribution in [3.8, 4) is 0 Å². The van der Waals surface area contributed by atoms with Gasteiger partial charge in [0.2, 0.25) is 5.91 Å². The summed E-state index contributed by atoms with van der Waals surface area (Å²) in [7, 11) is 0. The first-order valence-electron chi connectivity index (χ1n) is 11.4. The number of anilines is 1. The van der Waals surface area contributed by atoms with Crippen molar-refractivity contribution in [3.05, 3.63) is 75.8 Å². The van der Waals surface area contributed by atoms with Crippen LogP contribution in [0, 0.1) is 0 Å². The first kappa shape index (κ1) is 21.2. The molecular formula is C25H27N5O3. The molecule has 170 valence electrons. The van der Waals surface area contributed by atoms with Gasteiger partial charge in [-0.25, -0.2) is 9.78 Å². The van der Waals surface area contributed by atoms with Crippen LogP contribution < -0.4 is 10.5 Å².